The van der Waals surface area contributed by atoms with Crippen LogP contribution in [0.5, 0.6) is 0 Å². The van der Waals surface area contributed by atoms with Crippen molar-refractivity contribution in [3.8, 4) is 0 Å². The number of benzene rings is 1. The number of halogens is 1. The zero-order valence-electron chi connectivity index (χ0n) is 10.8. The first-order valence-electron chi connectivity index (χ1n) is 6.03. The van der Waals surface area contributed by atoms with E-state index in [4.69, 9.17) is 26.2 Å². The molecule has 2 aromatic rings. The summed E-state index contributed by atoms with van der Waals surface area (Å²) in [6.45, 7) is -0.200. The van der Waals surface area contributed by atoms with Crippen LogP contribution in [0.25, 0.3) is 0 Å². The molecule has 0 aliphatic heterocycles. The van der Waals surface area contributed by atoms with Gasteiger partial charge in [-0.15, -0.1) is 0 Å². The van der Waals surface area contributed by atoms with Crippen molar-refractivity contribution < 1.29 is 24.2 Å². The maximum Gasteiger partial charge on any atom is 0.335 e. The first kappa shape index (κ1) is 15.1. The van der Waals surface area contributed by atoms with Crippen molar-refractivity contribution >= 4 is 29.2 Å². The number of carbonyl (C=O) groups excluding carboxylic acids is 1. The quantitative estimate of drug-likeness (QED) is 0.884. The highest BCUT2D eigenvalue weighted by atomic mass is 35.5. The van der Waals surface area contributed by atoms with Crippen LogP contribution in [0.2, 0.25) is 5.22 Å². The van der Waals surface area contributed by atoms with Gasteiger partial charge in [0.2, 0.25) is 5.22 Å². The largest absolute Gasteiger partial charge is 0.478 e. The van der Waals surface area contributed by atoms with Crippen LogP contribution in [0.1, 0.15) is 20.7 Å². The molecule has 110 valence electrons. The third-order valence-electron chi connectivity index (χ3n) is 2.84. The third-order valence-corrected chi connectivity index (χ3v) is 3.14. The summed E-state index contributed by atoms with van der Waals surface area (Å²) in [6.07, 6.45) is 1.29. The molecule has 6 nitrogen and oxygen atoms in total. The van der Waals surface area contributed by atoms with Crippen LogP contribution in [-0.2, 0) is 0 Å². The monoisotopic (exact) mass is 309 g/mol. The van der Waals surface area contributed by atoms with Gasteiger partial charge in [0.25, 0.3) is 5.91 Å². The highest BCUT2D eigenvalue weighted by Crippen LogP contribution is 2.23. The summed E-state index contributed by atoms with van der Waals surface area (Å²) < 4.78 is 4.88. The number of nitrogens with zero attached hydrogens (tertiary/aromatic N) is 1. The Hall–Kier alpha value is -2.31. The number of carbonyl (C=O) groups is 2. The van der Waals surface area contributed by atoms with E-state index in [1.165, 1.54) is 41.5 Å². The Morgan fingerprint density at radius 1 is 1.19 bits per heavy atom. The summed E-state index contributed by atoms with van der Waals surface area (Å²) in [4.78, 5) is 24.5. The van der Waals surface area contributed by atoms with Crippen molar-refractivity contribution in [2.24, 2.45) is 0 Å². The number of aliphatic hydroxyl groups is 1. The number of anilines is 1. The lowest BCUT2D eigenvalue weighted by molar-refractivity contribution is 0.0696. The number of furan rings is 1. The molecule has 0 atom stereocenters. The van der Waals surface area contributed by atoms with Crippen LogP contribution in [0.4, 0.5) is 5.69 Å². The van der Waals surface area contributed by atoms with Gasteiger partial charge in [-0.05, 0) is 41.9 Å². The van der Waals surface area contributed by atoms with Gasteiger partial charge in [-0.1, -0.05) is 0 Å². The van der Waals surface area contributed by atoms with Crippen LogP contribution < -0.4 is 4.90 Å². The van der Waals surface area contributed by atoms with Gasteiger partial charge in [0, 0.05) is 12.2 Å². The van der Waals surface area contributed by atoms with E-state index in [1.807, 2.05) is 0 Å². The van der Waals surface area contributed by atoms with E-state index in [1.54, 1.807) is 0 Å². The maximum atomic E-state index is 12.4. The Bertz CT molecular complexity index is 650. The van der Waals surface area contributed by atoms with E-state index in [-0.39, 0.29) is 29.5 Å². The fraction of sp³-hybridized carbons (Fsp3) is 0.143. The molecule has 2 rings (SSSR count). The number of aliphatic hydroxyl groups excluding tert-OH is 1. The van der Waals surface area contributed by atoms with Crippen molar-refractivity contribution in [3.05, 3.63) is 52.9 Å². The topological polar surface area (TPSA) is 91.0 Å². The molecule has 1 heterocycles. The Balaban J connectivity index is 2.32. The van der Waals surface area contributed by atoms with Crippen molar-refractivity contribution in [1.82, 2.24) is 0 Å². The Morgan fingerprint density at radius 3 is 2.33 bits per heavy atom. The predicted molar refractivity (Wildman–Crippen MR) is 75.9 cm³/mol. The molecule has 0 fully saturated rings. The number of amides is 1. The fourth-order valence-corrected chi connectivity index (χ4v) is 2.02. The smallest absolute Gasteiger partial charge is 0.335 e. The van der Waals surface area contributed by atoms with Gasteiger partial charge in [0.15, 0.2) is 0 Å². The van der Waals surface area contributed by atoms with Gasteiger partial charge in [0.05, 0.1) is 24.0 Å². The summed E-state index contributed by atoms with van der Waals surface area (Å²) in [5, 5.41) is 17.9. The molecule has 2 N–H and O–H groups in total. The minimum Gasteiger partial charge on any atom is -0.478 e. The Kier molecular flexibility index (Phi) is 4.62. The van der Waals surface area contributed by atoms with Gasteiger partial charge in [-0.2, -0.15) is 0 Å². The first-order chi connectivity index (χ1) is 10.0. The second kappa shape index (κ2) is 6.43. The van der Waals surface area contributed by atoms with Crippen molar-refractivity contribution in [2.75, 3.05) is 18.1 Å². The lowest BCUT2D eigenvalue weighted by Gasteiger charge is -2.21. The van der Waals surface area contributed by atoms with E-state index in [0.717, 1.165) is 0 Å². The zero-order chi connectivity index (χ0) is 15.4. The molecular weight excluding hydrogens is 298 g/mol. The average molecular weight is 310 g/mol. The fourth-order valence-electron chi connectivity index (χ4n) is 1.82. The standard InChI is InChI=1S/C14H12ClNO5/c15-12-11(5-8-21-12)13(18)16(6-7-17)10-3-1-9(2-4-10)14(19)20/h1-5,8,17H,6-7H2,(H,19,20). The molecule has 1 aromatic heterocycles. The molecule has 0 saturated carbocycles. The number of aromatic carboxylic acids is 1. The molecule has 0 aliphatic carbocycles. The van der Waals surface area contributed by atoms with E-state index >= 15 is 0 Å². The number of hydrogen-bond donors (Lipinski definition) is 2. The second-order valence-corrected chi connectivity index (χ2v) is 4.48. The maximum absolute atomic E-state index is 12.4. The van der Waals surface area contributed by atoms with Gasteiger partial charge in [-0.25, -0.2) is 4.79 Å². The number of carboxylic acid groups (broad SMARTS) is 1. The van der Waals surface area contributed by atoms with E-state index < -0.39 is 11.9 Å². The Labute approximate surface area is 125 Å². The molecule has 0 unspecified atom stereocenters. The minimum absolute atomic E-state index is 0.0369. The number of carboxylic acids is 1. The van der Waals surface area contributed by atoms with E-state index in [2.05, 4.69) is 0 Å². The average Bonchev–Trinajstić information content (AvgIpc) is 2.90. The van der Waals surface area contributed by atoms with Crippen LogP contribution >= 0.6 is 11.6 Å². The molecule has 0 radical (unpaired) electrons. The number of rotatable bonds is 5. The molecule has 1 aromatic carbocycles. The summed E-state index contributed by atoms with van der Waals surface area (Å²) >= 11 is 5.78. The van der Waals surface area contributed by atoms with Crippen LogP contribution in [0, 0.1) is 0 Å². The molecule has 0 aliphatic rings. The summed E-state index contributed by atoms with van der Waals surface area (Å²) in [6, 6.07) is 7.18. The van der Waals surface area contributed by atoms with Crippen LogP contribution in [0.15, 0.2) is 41.0 Å². The third kappa shape index (κ3) is 3.24. The summed E-state index contributed by atoms with van der Waals surface area (Å²) in [7, 11) is 0. The minimum atomic E-state index is -1.06. The Morgan fingerprint density at radius 2 is 1.86 bits per heavy atom. The lowest BCUT2D eigenvalue weighted by Crippen LogP contribution is -2.33. The first-order valence-corrected chi connectivity index (χ1v) is 6.41. The molecular formula is C14H12ClNO5. The van der Waals surface area contributed by atoms with Crippen LogP contribution in [-0.4, -0.2) is 35.2 Å². The summed E-state index contributed by atoms with van der Waals surface area (Å²) in [5.41, 5.74) is 0.736. The zero-order valence-corrected chi connectivity index (χ0v) is 11.6. The highest BCUT2D eigenvalue weighted by Gasteiger charge is 2.21. The van der Waals surface area contributed by atoms with Gasteiger partial charge >= 0.3 is 5.97 Å². The molecule has 0 spiro atoms. The molecule has 0 bridgehead atoms. The van der Waals surface area contributed by atoms with Crippen molar-refractivity contribution in [2.45, 2.75) is 0 Å². The van der Waals surface area contributed by atoms with Gasteiger partial charge in [0.1, 0.15) is 0 Å². The van der Waals surface area contributed by atoms with Crippen molar-refractivity contribution in [1.29, 1.82) is 0 Å². The van der Waals surface area contributed by atoms with E-state index in [9.17, 15) is 9.59 Å². The summed E-state index contributed by atoms with van der Waals surface area (Å²) in [5.74, 6) is -1.50. The van der Waals surface area contributed by atoms with Gasteiger partial charge < -0.3 is 19.5 Å². The predicted octanol–water partition coefficient (Wildman–Crippen LogP) is 2.27. The SMILES string of the molecule is O=C(O)c1ccc(N(CCO)C(=O)c2ccoc2Cl)cc1. The molecule has 7 heteroatoms. The van der Waals surface area contributed by atoms with Crippen LogP contribution in [0.3, 0.4) is 0 Å². The van der Waals surface area contributed by atoms with E-state index in [0.29, 0.717) is 5.69 Å². The van der Waals surface area contributed by atoms with Crippen molar-refractivity contribution in [3.63, 3.8) is 0 Å². The van der Waals surface area contributed by atoms with Gasteiger partial charge in [-0.3, -0.25) is 4.79 Å². The second-order valence-electron chi connectivity index (χ2n) is 4.14. The molecule has 21 heavy (non-hydrogen) atoms. The highest BCUT2D eigenvalue weighted by molar-refractivity contribution is 6.32. The lowest BCUT2D eigenvalue weighted by atomic mass is 10.2. The molecule has 0 saturated heterocycles. The molecule has 1 amide bonds. The number of hydrogen-bond acceptors (Lipinski definition) is 4. The normalized spacial score (nSPS) is 10.4.